The van der Waals surface area contributed by atoms with Crippen molar-refractivity contribution in [2.24, 2.45) is 5.92 Å². The van der Waals surface area contributed by atoms with Gasteiger partial charge in [0, 0.05) is 25.8 Å². The number of nitrogens with zero attached hydrogens (tertiary/aromatic N) is 4. The lowest BCUT2D eigenvalue weighted by Crippen LogP contribution is -2.30. The predicted octanol–water partition coefficient (Wildman–Crippen LogP) is 1.12. The summed E-state index contributed by atoms with van der Waals surface area (Å²) in [7, 11) is 0. The highest BCUT2D eigenvalue weighted by Gasteiger charge is 2.23. The zero-order valence-electron chi connectivity index (χ0n) is 12.4. The molecule has 0 unspecified atom stereocenters. The largest absolute Gasteiger partial charge is 0.311 e. The first-order valence-corrected chi connectivity index (χ1v) is 7.57. The van der Waals surface area contributed by atoms with Crippen LogP contribution in [0.3, 0.4) is 0 Å². The third kappa shape index (κ3) is 5.32. The normalized spacial score (nSPS) is 14.7. The highest BCUT2D eigenvalue weighted by atomic mass is 15.4. The van der Waals surface area contributed by atoms with Crippen LogP contribution in [-0.2, 0) is 13.1 Å². The molecule has 5 nitrogen and oxygen atoms in total. The van der Waals surface area contributed by atoms with Crippen molar-refractivity contribution in [1.29, 1.82) is 0 Å². The van der Waals surface area contributed by atoms with Crippen molar-refractivity contribution in [1.82, 2.24) is 25.2 Å². The summed E-state index contributed by atoms with van der Waals surface area (Å²) in [6, 6.07) is 0. The smallest absolute Gasteiger partial charge is 0.0964 e. The molecular formula is C15H25N5. The monoisotopic (exact) mass is 275 g/mol. The molecule has 1 aromatic heterocycles. The van der Waals surface area contributed by atoms with Gasteiger partial charge in [-0.05, 0) is 31.7 Å². The Labute approximate surface area is 121 Å². The van der Waals surface area contributed by atoms with Crippen LogP contribution in [0.5, 0.6) is 0 Å². The van der Waals surface area contributed by atoms with Crippen LogP contribution in [0.15, 0.2) is 6.20 Å². The van der Waals surface area contributed by atoms with Gasteiger partial charge in [-0.15, -0.1) is 11.5 Å². The molecule has 0 aliphatic heterocycles. The summed E-state index contributed by atoms with van der Waals surface area (Å²) in [6.07, 6.45) is 11.3. The Kier molecular flexibility index (Phi) is 6.03. The van der Waals surface area contributed by atoms with Crippen LogP contribution in [0.2, 0.25) is 0 Å². The van der Waals surface area contributed by atoms with E-state index in [0.717, 1.165) is 57.3 Å². The fourth-order valence-electron chi connectivity index (χ4n) is 2.20. The fraction of sp³-hybridized carbons (Fsp3) is 0.733. The molecule has 1 saturated carbocycles. The Morgan fingerprint density at radius 3 is 3.10 bits per heavy atom. The number of hydrogen-bond donors (Lipinski definition) is 1. The van der Waals surface area contributed by atoms with E-state index in [9.17, 15) is 0 Å². The number of hydrogen-bond acceptors (Lipinski definition) is 4. The highest BCUT2D eigenvalue weighted by molar-refractivity contribution is 4.92. The Balaban J connectivity index is 1.72. The summed E-state index contributed by atoms with van der Waals surface area (Å²) in [6.45, 7) is 7.64. The van der Waals surface area contributed by atoms with E-state index in [-0.39, 0.29) is 0 Å². The lowest BCUT2D eigenvalue weighted by atomic mass is 10.3. The molecule has 1 fully saturated rings. The van der Waals surface area contributed by atoms with E-state index in [1.54, 1.807) is 0 Å². The minimum absolute atomic E-state index is 0.732. The molecule has 1 aliphatic rings. The van der Waals surface area contributed by atoms with Crippen molar-refractivity contribution in [3.05, 3.63) is 11.9 Å². The molecule has 0 spiro atoms. The van der Waals surface area contributed by atoms with Gasteiger partial charge in [0.25, 0.3) is 0 Å². The zero-order chi connectivity index (χ0) is 14.2. The second-order valence-electron chi connectivity index (χ2n) is 5.53. The fourth-order valence-corrected chi connectivity index (χ4v) is 2.20. The second kappa shape index (κ2) is 8.03. The van der Waals surface area contributed by atoms with Crippen molar-refractivity contribution in [2.45, 2.75) is 39.3 Å². The molecule has 1 N–H and O–H groups in total. The molecule has 0 amide bonds. The van der Waals surface area contributed by atoms with Crippen molar-refractivity contribution in [3.8, 4) is 12.3 Å². The third-order valence-electron chi connectivity index (χ3n) is 3.49. The van der Waals surface area contributed by atoms with Crippen LogP contribution in [0.1, 0.15) is 31.9 Å². The SMILES string of the molecule is C#CCN(CCn1cc(CNCCC)nn1)CC1CC1. The average molecular weight is 275 g/mol. The van der Waals surface area contributed by atoms with Gasteiger partial charge in [-0.25, -0.2) is 0 Å². The summed E-state index contributed by atoms with van der Waals surface area (Å²) in [5.74, 6) is 3.62. The summed E-state index contributed by atoms with van der Waals surface area (Å²) >= 11 is 0. The molecule has 0 atom stereocenters. The van der Waals surface area contributed by atoms with E-state index in [2.05, 4.69) is 33.4 Å². The van der Waals surface area contributed by atoms with E-state index in [0.29, 0.717) is 0 Å². The molecule has 5 heteroatoms. The van der Waals surface area contributed by atoms with Crippen LogP contribution >= 0.6 is 0 Å². The van der Waals surface area contributed by atoms with Gasteiger partial charge in [-0.1, -0.05) is 18.1 Å². The molecule has 0 saturated heterocycles. The summed E-state index contributed by atoms with van der Waals surface area (Å²) in [5, 5.41) is 11.7. The lowest BCUT2D eigenvalue weighted by molar-refractivity contribution is 0.276. The van der Waals surface area contributed by atoms with E-state index in [1.807, 2.05) is 10.9 Å². The van der Waals surface area contributed by atoms with Crippen molar-refractivity contribution in [3.63, 3.8) is 0 Å². The van der Waals surface area contributed by atoms with Gasteiger partial charge < -0.3 is 5.32 Å². The van der Waals surface area contributed by atoms with Crippen molar-refractivity contribution in [2.75, 3.05) is 26.2 Å². The topological polar surface area (TPSA) is 46.0 Å². The lowest BCUT2D eigenvalue weighted by Gasteiger charge is -2.18. The standard InChI is InChI=1S/C15H25N5/c1-3-7-16-11-15-13-20(18-17-15)10-9-19(8-4-2)12-14-5-6-14/h2,13-14,16H,3,5-12H2,1H3. The Hall–Kier alpha value is -1.38. The molecule has 2 rings (SSSR count). The van der Waals surface area contributed by atoms with E-state index < -0.39 is 0 Å². The first kappa shape index (κ1) is 15.0. The van der Waals surface area contributed by atoms with Crippen LogP contribution < -0.4 is 5.32 Å². The molecule has 1 aromatic rings. The first-order chi connectivity index (χ1) is 9.81. The Morgan fingerprint density at radius 1 is 1.55 bits per heavy atom. The van der Waals surface area contributed by atoms with Crippen molar-refractivity contribution < 1.29 is 0 Å². The predicted molar refractivity (Wildman–Crippen MR) is 80.0 cm³/mol. The molecule has 110 valence electrons. The number of aromatic nitrogens is 3. The number of nitrogens with one attached hydrogen (secondary N) is 1. The van der Waals surface area contributed by atoms with Gasteiger partial charge in [0.1, 0.15) is 0 Å². The van der Waals surface area contributed by atoms with Gasteiger partial charge in [0.05, 0.1) is 18.8 Å². The van der Waals surface area contributed by atoms with Crippen LogP contribution in [0.4, 0.5) is 0 Å². The maximum atomic E-state index is 5.43. The van der Waals surface area contributed by atoms with Gasteiger partial charge >= 0.3 is 0 Å². The van der Waals surface area contributed by atoms with E-state index >= 15 is 0 Å². The summed E-state index contributed by atoms with van der Waals surface area (Å²) in [5.41, 5.74) is 1.00. The summed E-state index contributed by atoms with van der Waals surface area (Å²) in [4.78, 5) is 2.34. The average Bonchev–Trinajstić information content (AvgIpc) is 3.14. The first-order valence-electron chi connectivity index (χ1n) is 7.57. The second-order valence-corrected chi connectivity index (χ2v) is 5.53. The maximum Gasteiger partial charge on any atom is 0.0964 e. The third-order valence-corrected chi connectivity index (χ3v) is 3.49. The maximum absolute atomic E-state index is 5.43. The summed E-state index contributed by atoms with van der Waals surface area (Å²) < 4.78 is 1.92. The molecule has 0 radical (unpaired) electrons. The van der Waals surface area contributed by atoms with E-state index in [4.69, 9.17) is 6.42 Å². The molecule has 0 bridgehead atoms. The molecule has 20 heavy (non-hydrogen) atoms. The molecular weight excluding hydrogens is 250 g/mol. The Bertz CT molecular complexity index is 430. The van der Waals surface area contributed by atoms with E-state index in [1.165, 1.54) is 12.8 Å². The quantitative estimate of drug-likeness (QED) is 0.513. The number of terminal acetylenes is 1. The minimum atomic E-state index is 0.732. The van der Waals surface area contributed by atoms with Gasteiger partial charge in [0.2, 0.25) is 0 Å². The molecule has 1 heterocycles. The van der Waals surface area contributed by atoms with Crippen LogP contribution in [-0.4, -0.2) is 46.1 Å². The van der Waals surface area contributed by atoms with Gasteiger partial charge in [-0.3, -0.25) is 9.58 Å². The van der Waals surface area contributed by atoms with Gasteiger partial charge in [0.15, 0.2) is 0 Å². The number of rotatable bonds is 10. The minimum Gasteiger partial charge on any atom is -0.311 e. The Morgan fingerprint density at radius 2 is 2.40 bits per heavy atom. The zero-order valence-corrected chi connectivity index (χ0v) is 12.4. The van der Waals surface area contributed by atoms with Crippen LogP contribution in [0.25, 0.3) is 0 Å². The molecule has 0 aromatic carbocycles. The van der Waals surface area contributed by atoms with Crippen molar-refractivity contribution >= 4 is 0 Å². The highest BCUT2D eigenvalue weighted by Crippen LogP contribution is 2.29. The van der Waals surface area contributed by atoms with Gasteiger partial charge in [-0.2, -0.15) is 0 Å². The molecule has 1 aliphatic carbocycles. The van der Waals surface area contributed by atoms with Crippen LogP contribution in [0, 0.1) is 18.3 Å².